The van der Waals surface area contributed by atoms with Crippen molar-refractivity contribution in [2.24, 2.45) is 0 Å². The van der Waals surface area contributed by atoms with Gasteiger partial charge in [-0.1, -0.05) is 0 Å². The topological polar surface area (TPSA) is 50.3 Å². The third-order valence-electron chi connectivity index (χ3n) is 3.74. The summed E-state index contributed by atoms with van der Waals surface area (Å²) in [6.07, 6.45) is 3.77. The Bertz CT molecular complexity index is 404. The van der Waals surface area contributed by atoms with Gasteiger partial charge in [0.1, 0.15) is 11.6 Å². The van der Waals surface area contributed by atoms with Crippen molar-refractivity contribution < 1.29 is 4.74 Å². The maximum absolute atomic E-state index is 5.08. The summed E-state index contributed by atoms with van der Waals surface area (Å²) in [4.78, 5) is 11.4. The highest BCUT2D eigenvalue weighted by atomic mass is 16.5. The van der Waals surface area contributed by atoms with Crippen molar-refractivity contribution in [2.75, 3.05) is 38.3 Å². The minimum absolute atomic E-state index is 0.523. The van der Waals surface area contributed by atoms with E-state index in [1.54, 1.807) is 7.11 Å². The monoisotopic (exact) mass is 278 g/mol. The molecule has 1 aromatic rings. The summed E-state index contributed by atoms with van der Waals surface area (Å²) in [6, 6.07) is 2.62. The van der Waals surface area contributed by atoms with E-state index in [0.29, 0.717) is 6.04 Å². The number of nitrogens with zero attached hydrogens (tertiary/aromatic N) is 3. The van der Waals surface area contributed by atoms with Gasteiger partial charge in [0.15, 0.2) is 0 Å². The molecule has 0 radical (unpaired) electrons. The first-order chi connectivity index (χ1) is 9.70. The van der Waals surface area contributed by atoms with Crippen LogP contribution in [-0.2, 0) is 4.74 Å². The van der Waals surface area contributed by atoms with Gasteiger partial charge in [0, 0.05) is 44.5 Å². The van der Waals surface area contributed by atoms with Crippen molar-refractivity contribution in [2.45, 2.75) is 39.2 Å². The Morgan fingerprint density at radius 3 is 2.95 bits per heavy atom. The highest BCUT2D eigenvalue weighted by Gasteiger charge is 2.23. The van der Waals surface area contributed by atoms with E-state index in [9.17, 15) is 0 Å². The molecule has 1 N–H and O–H groups in total. The summed E-state index contributed by atoms with van der Waals surface area (Å²) in [7, 11) is 1.74. The van der Waals surface area contributed by atoms with Gasteiger partial charge in [-0.2, -0.15) is 0 Å². The lowest BCUT2D eigenvalue weighted by molar-refractivity contribution is 0.198. The van der Waals surface area contributed by atoms with Crippen molar-refractivity contribution >= 4 is 5.82 Å². The lowest BCUT2D eigenvalue weighted by Crippen LogP contribution is -2.46. The zero-order chi connectivity index (χ0) is 14.4. The first-order valence-electron chi connectivity index (χ1n) is 7.49. The Morgan fingerprint density at radius 2 is 2.20 bits per heavy atom. The molecule has 1 atom stereocenters. The summed E-state index contributed by atoms with van der Waals surface area (Å²) in [6.45, 7) is 7.75. The Hall–Kier alpha value is -1.20. The maximum Gasteiger partial charge on any atom is 0.132 e. The smallest absolute Gasteiger partial charge is 0.132 e. The predicted molar refractivity (Wildman–Crippen MR) is 81.2 cm³/mol. The molecule has 2 heterocycles. The van der Waals surface area contributed by atoms with Crippen LogP contribution in [0.2, 0.25) is 0 Å². The molecule has 1 saturated heterocycles. The highest BCUT2D eigenvalue weighted by molar-refractivity contribution is 5.41. The molecule has 112 valence electrons. The van der Waals surface area contributed by atoms with Crippen LogP contribution >= 0.6 is 0 Å². The SMILES string of the molecule is COCCNCC1CCCCN1c1cc(C)nc(C)n1. The number of hydrogen-bond donors (Lipinski definition) is 1. The molecule has 0 amide bonds. The van der Waals surface area contributed by atoms with Gasteiger partial charge in [0.25, 0.3) is 0 Å². The van der Waals surface area contributed by atoms with Crippen LogP contribution in [0.3, 0.4) is 0 Å². The van der Waals surface area contributed by atoms with Crippen LogP contribution in [0.4, 0.5) is 5.82 Å². The van der Waals surface area contributed by atoms with Crippen LogP contribution in [-0.4, -0.2) is 49.4 Å². The van der Waals surface area contributed by atoms with Crippen LogP contribution in [0.15, 0.2) is 6.07 Å². The number of ether oxygens (including phenoxy) is 1. The summed E-state index contributed by atoms with van der Waals surface area (Å²) < 4.78 is 5.08. The molecular weight excluding hydrogens is 252 g/mol. The molecule has 5 nitrogen and oxygen atoms in total. The predicted octanol–water partition coefficient (Wildman–Crippen LogP) is 1.69. The van der Waals surface area contributed by atoms with Gasteiger partial charge in [-0.15, -0.1) is 0 Å². The summed E-state index contributed by atoms with van der Waals surface area (Å²) >= 11 is 0. The quantitative estimate of drug-likeness (QED) is 0.803. The van der Waals surface area contributed by atoms with E-state index in [1.807, 2.05) is 13.8 Å². The molecule has 0 bridgehead atoms. The molecule has 1 unspecified atom stereocenters. The maximum atomic E-state index is 5.08. The molecule has 2 rings (SSSR count). The van der Waals surface area contributed by atoms with Gasteiger partial charge in [-0.05, 0) is 33.1 Å². The molecule has 1 aliphatic rings. The van der Waals surface area contributed by atoms with Crippen LogP contribution in [0.1, 0.15) is 30.8 Å². The second kappa shape index (κ2) is 7.55. The average Bonchev–Trinajstić information content (AvgIpc) is 2.43. The summed E-state index contributed by atoms with van der Waals surface area (Å²) in [5.41, 5.74) is 1.05. The van der Waals surface area contributed by atoms with Crippen molar-refractivity contribution in [1.29, 1.82) is 0 Å². The normalized spacial score (nSPS) is 19.4. The highest BCUT2D eigenvalue weighted by Crippen LogP contribution is 2.23. The van der Waals surface area contributed by atoms with E-state index in [-0.39, 0.29) is 0 Å². The Balaban J connectivity index is 2.02. The fourth-order valence-corrected chi connectivity index (χ4v) is 2.80. The van der Waals surface area contributed by atoms with Crippen LogP contribution < -0.4 is 10.2 Å². The van der Waals surface area contributed by atoms with Gasteiger partial charge < -0.3 is 15.0 Å². The van der Waals surface area contributed by atoms with E-state index in [2.05, 4.69) is 26.3 Å². The van der Waals surface area contributed by atoms with Crippen LogP contribution in [0.5, 0.6) is 0 Å². The molecule has 0 aliphatic carbocycles. The van der Waals surface area contributed by atoms with E-state index in [4.69, 9.17) is 4.74 Å². The number of hydrogen-bond acceptors (Lipinski definition) is 5. The fourth-order valence-electron chi connectivity index (χ4n) is 2.80. The largest absolute Gasteiger partial charge is 0.383 e. The fraction of sp³-hybridized carbons (Fsp3) is 0.733. The second-order valence-corrected chi connectivity index (χ2v) is 5.45. The van der Waals surface area contributed by atoms with Gasteiger partial charge in [0.05, 0.1) is 6.61 Å². The van der Waals surface area contributed by atoms with E-state index < -0.39 is 0 Å². The summed E-state index contributed by atoms with van der Waals surface area (Å²) in [5, 5.41) is 3.47. The molecular formula is C15H26N4O. The van der Waals surface area contributed by atoms with Gasteiger partial charge in [0.2, 0.25) is 0 Å². The molecule has 0 aromatic carbocycles. The van der Waals surface area contributed by atoms with E-state index in [1.165, 1.54) is 19.3 Å². The Labute approximate surface area is 121 Å². The lowest BCUT2D eigenvalue weighted by Gasteiger charge is -2.37. The third-order valence-corrected chi connectivity index (χ3v) is 3.74. The molecule has 0 saturated carbocycles. The number of anilines is 1. The zero-order valence-electron chi connectivity index (χ0n) is 12.9. The van der Waals surface area contributed by atoms with Crippen molar-refractivity contribution in [3.05, 3.63) is 17.6 Å². The Morgan fingerprint density at radius 1 is 1.35 bits per heavy atom. The number of nitrogens with one attached hydrogen (secondary N) is 1. The van der Waals surface area contributed by atoms with Crippen molar-refractivity contribution in [1.82, 2.24) is 15.3 Å². The Kier molecular flexibility index (Phi) is 5.73. The van der Waals surface area contributed by atoms with Crippen molar-refractivity contribution in [3.8, 4) is 0 Å². The van der Waals surface area contributed by atoms with Crippen LogP contribution in [0.25, 0.3) is 0 Å². The van der Waals surface area contributed by atoms with E-state index in [0.717, 1.165) is 43.6 Å². The molecule has 5 heteroatoms. The second-order valence-electron chi connectivity index (χ2n) is 5.45. The number of aromatic nitrogens is 2. The average molecular weight is 278 g/mol. The molecule has 1 aromatic heterocycles. The molecule has 1 aliphatic heterocycles. The van der Waals surface area contributed by atoms with Crippen LogP contribution in [0, 0.1) is 13.8 Å². The van der Waals surface area contributed by atoms with Gasteiger partial charge >= 0.3 is 0 Å². The van der Waals surface area contributed by atoms with Crippen molar-refractivity contribution in [3.63, 3.8) is 0 Å². The minimum Gasteiger partial charge on any atom is -0.383 e. The molecule has 1 fully saturated rings. The first kappa shape index (κ1) is 15.2. The standard InChI is InChI=1S/C15H26N4O/c1-12-10-15(18-13(2)17-12)19-8-5-4-6-14(19)11-16-7-9-20-3/h10,14,16H,4-9,11H2,1-3H3. The van der Waals surface area contributed by atoms with Gasteiger partial charge in [-0.3, -0.25) is 0 Å². The molecule has 0 spiro atoms. The number of piperidine rings is 1. The number of aryl methyl sites for hydroxylation is 2. The van der Waals surface area contributed by atoms with E-state index >= 15 is 0 Å². The first-order valence-corrected chi connectivity index (χ1v) is 7.49. The third kappa shape index (κ3) is 4.15. The number of methoxy groups -OCH3 is 1. The lowest BCUT2D eigenvalue weighted by atomic mass is 10.0. The minimum atomic E-state index is 0.523. The number of rotatable bonds is 6. The zero-order valence-corrected chi connectivity index (χ0v) is 12.9. The van der Waals surface area contributed by atoms with Gasteiger partial charge in [-0.25, -0.2) is 9.97 Å². The molecule has 20 heavy (non-hydrogen) atoms. The summed E-state index contributed by atoms with van der Waals surface area (Å²) in [5.74, 6) is 1.94.